The lowest BCUT2D eigenvalue weighted by Crippen LogP contribution is -2.14. The van der Waals surface area contributed by atoms with Crippen LogP contribution in [0.15, 0.2) is 18.2 Å². The zero-order chi connectivity index (χ0) is 13.8. The summed E-state index contributed by atoms with van der Waals surface area (Å²) in [5.41, 5.74) is 2.50. The van der Waals surface area contributed by atoms with Crippen LogP contribution in [0.1, 0.15) is 27.9 Å². The Bertz CT molecular complexity index is 594. The monoisotopic (exact) mass is 276 g/mol. The molecule has 19 heavy (non-hydrogen) atoms. The molecule has 0 aliphatic heterocycles. The summed E-state index contributed by atoms with van der Waals surface area (Å²) in [6.07, 6.45) is 0.819. The first-order valence-electron chi connectivity index (χ1n) is 6.06. The van der Waals surface area contributed by atoms with Gasteiger partial charge in [-0.1, -0.05) is 24.3 Å². The molecular weight excluding hydrogens is 260 g/mol. The Labute approximate surface area is 116 Å². The second-order valence-corrected chi connectivity index (χ2v) is 5.17. The standard InChI is InChI=1S/C13H16N4OS/c1-4-11-16-17-13(19-11)15-12(18)9-6-5-8(2)7-10(9)14-3/h5-7,14H,4H2,1-3H3,(H,15,17,18). The quantitative estimate of drug-likeness (QED) is 0.901. The second kappa shape index (κ2) is 5.79. The van der Waals surface area contributed by atoms with Gasteiger partial charge in [-0.2, -0.15) is 0 Å². The van der Waals surface area contributed by atoms with E-state index >= 15 is 0 Å². The fraction of sp³-hybridized carbons (Fsp3) is 0.308. The van der Waals surface area contributed by atoms with Crippen molar-refractivity contribution >= 4 is 28.1 Å². The summed E-state index contributed by atoms with van der Waals surface area (Å²) in [6, 6.07) is 5.65. The fourth-order valence-electron chi connectivity index (χ4n) is 1.67. The SMILES string of the molecule is CCc1nnc(NC(=O)c2ccc(C)cc2NC)s1. The maximum Gasteiger partial charge on any atom is 0.259 e. The van der Waals surface area contributed by atoms with Gasteiger partial charge in [0.05, 0.1) is 5.56 Å². The average molecular weight is 276 g/mol. The Morgan fingerprint density at radius 1 is 1.37 bits per heavy atom. The molecule has 0 radical (unpaired) electrons. The van der Waals surface area contributed by atoms with Gasteiger partial charge in [0.2, 0.25) is 5.13 Å². The van der Waals surface area contributed by atoms with E-state index in [1.54, 1.807) is 13.1 Å². The highest BCUT2D eigenvalue weighted by molar-refractivity contribution is 7.15. The molecule has 2 N–H and O–H groups in total. The molecule has 1 aromatic heterocycles. The first-order valence-corrected chi connectivity index (χ1v) is 6.87. The molecule has 5 nitrogen and oxygen atoms in total. The topological polar surface area (TPSA) is 66.9 Å². The largest absolute Gasteiger partial charge is 0.387 e. The first kappa shape index (κ1) is 13.5. The Balaban J connectivity index is 2.20. The summed E-state index contributed by atoms with van der Waals surface area (Å²) in [7, 11) is 1.80. The number of aromatic nitrogens is 2. The Hall–Kier alpha value is -1.95. The number of rotatable bonds is 4. The number of anilines is 2. The van der Waals surface area contributed by atoms with Gasteiger partial charge in [-0.3, -0.25) is 10.1 Å². The molecule has 0 bridgehead atoms. The number of hydrogen-bond donors (Lipinski definition) is 2. The highest BCUT2D eigenvalue weighted by Gasteiger charge is 2.13. The normalized spacial score (nSPS) is 10.3. The molecule has 2 aromatic rings. The highest BCUT2D eigenvalue weighted by atomic mass is 32.1. The second-order valence-electron chi connectivity index (χ2n) is 4.11. The van der Waals surface area contributed by atoms with Gasteiger partial charge in [0, 0.05) is 12.7 Å². The van der Waals surface area contributed by atoms with E-state index in [1.807, 2.05) is 26.0 Å². The van der Waals surface area contributed by atoms with E-state index in [9.17, 15) is 4.79 Å². The minimum atomic E-state index is -0.178. The summed E-state index contributed by atoms with van der Waals surface area (Å²) in [5.74, 6) is -0.178. The minimum Gasteiger partial charge on any atom is -0.387 e. The molecule has 0 fully saturated rings. The lowest BCUT2D eigenvalue weighted by molar-refractivity contribution is 0.102. The molecule has 0 spiro atoms. The van der Waals surface area contributed by atoms with E-state index in [4.69, 9.17) is 0 Å². The predicted molar refractivity (Wildman–Crippen MR) is 78.0 cm³/mol. The Kier molecular flexibility index (Phi) is 4.11. The summed E-state index contributed by atoms with van der Waals surface area (Å²) < 4.78 is 0. The molecule has 1 aromatic carbocycles. The molecule has 0 unspecified atom stereocenters. The Morgan fingerprint density at radius 2 is 2.16 bits per heavy atom. The number of benzene rings is 1. The van der Waals surface area contributed by atoms with Gasteiger partial charge >= 0.3 is 0 Å². The van der Waals surface area contributed by atoms with Crippen LogP contribution >= 0.6 is 11.3 Å². The molecule has 0 saturated heterocycles. The van der Waals surface area contributed by atoms with E-state index in [2.05, 4.69) is 20.8 Å². The van der Waals surface area contributed by atoms with Gasteiger partial charge in [0.15, 0.2) is 0 Å². The van der Waals surface area contributed by atoms with Crippen molar-refractivity contribution < 1.29 is 4.79 Å². The van der Waals surface area contributed by atoms with Crippen molar-refractivity contribution in [2.75, 3.05) is 17.7 Å². The number of carbonyl (C=O) groups excluding carboxylic acids is 1. The molecule has 0 aliphatic rings. The smallest absolute Gasteiger partial charge is 0.259 e. The van der Waals surface area contributed by atoms with Crippen molar-refractivity contribution in [3.63, 3.8) is 0 Å². The van der Waals surface area contributed by atoms with E-state index in [0.717, 1.165) is 22.7 Å². The van der Waals surface area contributed by atoms with Gasteiger partial charge in [-0.05, 0) is 31.0 Å². The van der Waals surface area contributed by atoms with Crippen molar-refractivity contribution in [2.24, 2.45) is 0 Å². The third-order valence-corrected chi connectivity index (χ3v) is 3.66. The van der Waals surface area contributed by atoms with Gasteiger partial charge < -0.3 is 5.32 Å². The lowest BCUT2D eigenvalue weighted by Gasteiger charge is -2.09. The van der Waals surface area contributed by atoms with E-state index < -0.39 is 0 Å². The number of nitrogens with one attached hydrogen (secondary N) is 2. The maximum atomic E-state index is 12.2. The van der Waals surface area contributed by atoms with Crippen molar-refractivity contribution in [2.45, 2.75) is 20.3 Å². The van der Waals surface area contributed by atoms with Crippen molar-refractivity contribution in [1.82, 2.24) is 10.2 Å². The van der Waals surface area contributed by atoms with Crippen LogP contribution in [0.4, 0.5) is 10.8 Å². The fourth-order valence-corrected chi connectivity index (χ4v) is 2.35. The van der Waals surface area contributed by atoms with E-state index in [0.29, 0.717) is 10.7 Å². The molecule has 0 aliphatic carbocycles. The zero-order valence-electron chi connectivity index (χ0n) is 11.2. The molecule has 100 valence electrons. The van der Waals surface area contributed by atoms with Crippen molar-refractivity contribution in [1.29, 1.82) is 0 Å². The van der Waals surface area contributed by atoms with Crippen LogP contribution < -0.4 is 10.6 Å². The zero-order valence-corrected chi connectivity index (χ0v) is 12.0. The molecular formula is C13H16N4OS. The van der Waals surface area contributed by atoms with Crippen molar-refractivity contribution in [3.05, 3.63) is 34.3 Å². The summed E-state index contributed by atoms with van der Waals surface area (Å²) in [5, 5.41) is 15.2. The van der Waals surface area contributed by atoms with Gasteiger partial charge in [0.25, 0.3) is 5.91 Å². The summed E-state index contributed by atoms with van der Waals surface area (Å²) in [6.45, 7) is 3.99. The van der Waals surface area contributed by atoms with Gasteiger partial charge in [0.1, 0.15) is 5.01 Å². The number of nitrogens with zero attached hydrogens (tertiary/aromatic N) is 2. The van der Waals surface area contributed by atoms with Crippen LogP contribution in [0.2, 0.25) is 0 Å². The third-order valence-electron chi connectivity index (χ3n) is 2.68. The highest BCUT2D eigenvalue weighted by Crippen LogP contribution is 2.20. The number of aryl methyl sites for hydroxylation is 2. The number of carbonyl (C=O) groups is 1. The summed E-state index contributed by atoms with van der Waals surface area (Å²) in [4.78, 5) is 12.2. The third kappa shape index (κ3) is 3.08. The van der Waals surface area contributed by atoms with E-state index in [-0.39, 0.29) is 5.91 Å². The predicted octanol–water partition coefficient (Wildman–Crippen LogP) is 2.70. The van der Waals surface area contributed by atoms with Crippen LogP contribution in [0.3, 0.4) is 0 Å². The maximum absolute atomic E-state index is 12.2. The van der Waals surface area contributed by atoms with Crippen LogP contribution in [0.25, 0.3) is 0 Å². The summed E-state index contributed by atoms with van der Waals surface area (Å²) >= 11 is 1.40. The molecule has 2 rings (SSSR count). The molecule has 0 atom stereocenters. The molecule has 6 heteroatoms. The number of hydrogen-bond acceptors (Lipinski definition) is 5. The van der Waals surface area contributed by atoms with Gasteiger partial charge in [-0.15, -0.1) is 10.2 Å². The van der Waals surface area contributed by atoms with Crippen LogP contribution in [-0.2, 0) is 6.42 Å². The first-order chi connectivity index (χ1) is 9.13. The molecule has 1 amide bonds. The lowest BCUT2D eigenvalue weighted by atomic mass is 10.1. The number of amides is 1. The molecule has 1 heterocycles. The van der Waals surface area contributed by atoms with Crippen LogP contribution in [0, 0.1) is 6.92 Å². The minimum absolute atomic E-state index is 0.178. The average Bonchev–Trinajstić information content (AvgIpc) is 2.86. The molecule has 0 saturated carbocycles. The Morgan fingerprint density at radius 3 is 2.79 bits per heavy atom. The van der Waals surface area contributed by atoms with Gasteiger partial charge in [-0.25, -0.2) is 0 Å². The van der Waals surface area contributed by atoms with Crippen LogP contribution in [0.5, 0.6) is 0 Å². The van der Waals surface area contributed by atoms with Crippen molar-refractivity contribution in [3.8, 4) is 0 Å². The van der Waals surface area contributed by atoms with E-state index in [1.165, 1.54) is 11.3 Å². The van der Waals surface area contributed by atoms with Crippen LogP contribution in [-0.4, -0.2) is 23.2 Å².